The number of sulfonamides is 1. The number of amides is 1. The predicted octanol–water partition coefficient (Wildman–Crippen LogP) is 1.71. The van der Waals surface area contributed by atoms with Gasteiger partial charge in [0.2, 0.25) is 0 Å². The molecule has 0 aliphatic carbocycles. The Hall–Kier alpha value is -1.40. The lowest BCUT2D eigenvalue weighted by atomic mass is 10.2. The van der Waals surface area contributed by atoms with Crippen LogP contribution in [-0.2, 0) is 10.0 Å². The highest BCUT2D eigenvalue weighted by Gasteiger charge is 2.40. The molecule has 0 fully saturated rings. The Balaban J connectivity index is 2.11. The highest BCUT2D eigenvalue weighted by Crippen LogP contribution is 2.29. The molecule has 0 aromatic heterocycles. The number of fused-ring (bicyclic) bond motifs is 1. The zero-order valence-corrected chi connectivity index (χ0v) is 13.7. The fourth-order valence-electron chi connectivity index (χ4n) is 2.59. The van der Waals surface area contributed by atoms with Crippen molar-refractivity contribution in [3.05, 3.63) is 29.8 Å². The fourth-order valence-corrected chi connectivity index (χ4v) is 4.20. The molecule has 0 radical (unpaired) electrons. The summed E-state index contributed by atoms with van der Waals surface area (Å²) in [6.07, 6.45) is 0.678. The summed E-state index contributed by atoms with van der Waals surface area (Å²) in [7, 11) is -1.50. The third kappa shape index (κ3) is 2.82. The lowest BCUT2D eigenvalue weighted by Gasteiger charge is -2.32. The number of rotatable bonds is 6. The van der Waals surface area contributed by atoms with Crippen molar-refractivity contribution in [3.63, 3.8) is 0 Å². The molecule has 5 nitrogen and oxygen atoms in total. The molecule has 0 N–H and O–H groups in total. The topological polar surface area (TPSA) is 54.5 Å². The minimum Gasteiger partial charge on any atom is -0.326 e. The van der Waals surface area contributed by atoms with E-state index in [9.17, 15) is 13.2 Å². The molecule has 1 amide bonds. The van der Waals surface area contributed by atoms with Crippen LogP contribution in [0.1, 0.15) is 30.6 Å². The van der Waals surface area contributed by atoms with E-state index in [1.807, 2.05) is 0 Å². The predicted molar refractivity (Wildman–Crippen MR) is 81.4 cm³/mol. The van der Waals surface area contributed by atoms with Gasteiger partial charge in [0.15, 0.2) is 0 Å². The van der Waals surface area contributed by atoms with Gasteiger partial charge >= 0.3 is 0 Å². The SMILES string of the molecule is CC[N+](C)(CC)CCCN1C(=O)c2ccccc2S1(=O)=O. The number of hydrogen-bond acceptors (Lipinski definition) is 3. The molecule has 1 aromatic carbocycles. The van der Waals surface area contributed by atoms with Crippen molar-refractivity contribution in [2.45, 2.75) is 25.2 Å². The first-order valence-corrected chi connectivity index (χ1v) is 8.79. The van der Waals surface area contributed by atoms with E-state index < -0.39 is 15.9 Å². The quantitative estimate of drug-likeness (QED) is 0.752. The Labute approximate surface area is 126 Å². The van der Waals surface area contributed by atoms with Crippen molar-refractivity contribution in [2.24, 2.45) is 0 Å². The van der Waals surface area contributed by atoms with Crippen molar-refractivity contribution in [3.8, 4) is 0 Å². The van der Waals surface area contributed by atoms with Crippen LogP contribution < -0.4 is 0 Å². The molecule has 1 aromatic rings. The van der Waals surface area contributed by atoms with Gasteiger partial charge in [0.05, 0.1) is 32.2 Å². The van der Waals surface area contributed by atoms with Gasteiger partial charge in [-0.25, -0.2) is 12.7 Å². The van der Waals surface area contributed by atoms with Gasteiger partial charge < -0.3 is 4.48 Å². The normalized spacial score (nSPS) is 17.1. The molecular weight excluding hydrogens is 288 g/mol. The standard InChI is InChI=1S/C15H23N2O3S/c1-4-17(3,5-2)12-8-11-16-15(18)13-9-6-7-10-14(13)21(16,19)20/h6-7,9-10H,4-5,8,11-12H2,1-3H3/q+1. The summed E-state index contributed by atoms with van der Waals surface area (Å²) < 4.78 is 26.7. The van der Waals surface area contributed by atoms with Gasteiger partial charge in [-0.2, -0.15) is 0 Å². The highest BCUT2D eigenvalue weighted by atomic mass is 32.2. The third-order valence-electron chi connectivity index (χ3n) is 4.50. The van der Waals surface area contributed by atoms with E-state index in [4.69, 9.17) is 0 Å². The van der Waals surface area contributed by atoms with E-state index in [0.717, 1.165) is 28.4 Å². The maximum atomic E-state index is 12.4. The van der Waals surface area contributed by atoms with E-state index in [0.29, 0.717) is 12.0 Å². The smallest absolute Gasteiger partial charge is 0.269 e. The molecule has 1 heterocycles. The summed E-state index contributed by atoms with van der Waals surface area (Å²) >= 11 is 0. The summed E-state index contributed by atoms with van der Waals surface area (Å²) in [5.41, 5.74) is 0.292. The number of benzene rings is 1. The van der Waals surface area contributed by atoms with Crippen LogP contribution in [0.4, 0.5) is 0 Å². The molecular formula is C15H23N2O3S+. The average molecular weight is 311 g/mol. The fraction of sp³-hybridized carbons (Fsp3) is 0.533. The third-order valence-corrected chi connectivity index (χ3v) is 6.34. The molecule has 1 aliphatic heterocycles. The molecule has 0 saturated carbocycles. The zero-order chi connectivity index (χ0) is 15.7. The maximum Gasteiger partial charge on any atom is 0.269 e. The van der Waals surface area contributed by atoms with Crippen molar-refractivity contribution in [1.29, 1.82) is 0 Å². The van der Waals surface area contributed by atoms with Gasteiger partial charge in [0.1, 0.15) is 4.90 Å². The largest absolute Gasteiger partial charge is 0.326 e. The summed E-state index contributed by atoms with van der Waals surface area (Å²) in [6, 6.07) is 6.42. The number of nitrogens with zero attached hydrogens (tertiary/aromatic N) is 2. The molecule has 116 valence electrons. The second kappa shape index (κ2) is 5.77. The Morgan fingerprint density at radius 3 is 2.33 bits per heavy atom. The Morgan fingerprint density at radius 1 is 1.14 bits per heavy atom. The van der Waals surface area contributed by atoms with Gasteiger partial charge in [0, 0.05) is 13.0 Å². The second-order valence-electron chi connectivity index (χ2n) is 5.71. The van der Waals surface area contributed by atoms with Crippen molar-refractivity contribution >= 4 is 15.9 Å². The molecule has 0 atom stereocenters. The van der Waals surface area contributed by atoms with Crippen LogP contribution in [0, 0.1) is 0 Å². The summed E-state index contributed by atoms with van der Waals surface area (Å²) in [5.74, 6) is -0.396. The Bertz CT molecular complexity index is 636. The number of hydrogen-bond donors (Lipinski definition) is 0. The molecule has 1 aliphatic rings. The van der Waals surface area contributed by atoms with E-state index in [-0.39, 0.29) is 11.4 Å². The summed E-state index contributed by atoms with van der Waals surface area (Å²) in [6.45, 7) is 7.36. The number of carbonyl (C=O) groups excluding carboxylic acids is 1. The minimum atomic E-state index is -3.65. The van der Waals surface area contributed by atoms with E-state index in [1.54, 1.807) is 18.2 Å². The summed E-state index contributed by atoms with van der Waals surface area (Å²) in [5, 5.41) is 0. The lowest BCUT2D eigenvalue weighted by Crippen LogP contribution is -2.45. The number of carbonyl (C=O) groups is 1. The Kier molecular flexibility index (Phi) is 4.39. The first-order chi connectivity index (χ1) is 9.85. The van der Waals surface area contributed by atoms with Crippen molar-refractivity contribution < 1.29 is 17.7 Å². The Morgan fingerprint density at radius 2 is 1.76 bits per heavy atom. The van der Waals surface area contributed by atoms with Crippen molar-refractivity contribution in [1.82, 2.24) is 4.31 Å². The second-order valence-corrected chi connectivity index (χ2v) is 7.54. The molecule has 0 spiro atoms. The molecule has 0 unspecified atom stereocenters. The van der Waals surface area contributed by atoms with E-state index in [1.165, 1.54) is 6.07 Å². The molecule has 0 bridgehead atoms. The van der Waals surface area contributed by atoms with Crippen LogP contribution >= 0.6 is 0 Å². The summed E-state index contributed by atoms with van der Waals surface area (Å²) in [4.78, 5) is 12.4. The first-order valence-electron chi connectivity index (χ1n) is 7.35. The van der Waals surface area contributed by atoms with Crippen LogP contribution in [-0.4, -0.2) is 56.3 Å². The van der Waals surface area contributed by atoms with Crippen LogP contribution in [0.15, 0.2) is 29.2 Å². The van der Waals surface area contributed by atoms with Gasteiger partial charge in [-0.15, -0.1) is 0 Å². The van der Waals surface area contributed by atoms with Crippen LogP contribution in [0.2, 0.25) is 0 Å². The zero-order valence-electron chi connectivity index (χ0n) is 12.9. The highest BCUT2D eigenvalue weighted by molar-refractivity contribution is 7.90. The van der Waals surface area contributed by atoms with Crippen LogP contribution in [0.3, 0.4) is 0 Å². The van der Waals surface area contributed by atoms with Gasteiger partial charge in [0.25, 0.3) is 15.9 Å². The van der Waals surface area contributed by atoms with Crippen LogP contribution in [0.5, 0.6) is 0 Å². The lowest BCUT2D eigenvalue weighted by molar-refractivity contribution is -0.906. The molecule has 0 saturated heterocycles. The first kappa shape index (κ1) is 16.0. The van der Waals surface area contributed by atoms with E-state index >= 15 is 0 Å². The maximum absolute atomic E-state index is 12.4. The molecule has 2 rings (SSSR count). The van der Waals surface area contributed by atoms with Crippen molar-refractivity contribution in [2.75, 3.05) is 33.2 Å². The van der Waals surface area contributed by atoms with Crippen LogP contribution in [0.25, 0.3) is 0 Å². The monoisotopic (exact) mass is 311 g/mol. The average Bonchev–Trinajstić information content (AvgIpc) is 2.68. The van der Waals surface area contributed by atoms with Gasteiger partial charge in [-0.3, -0.25) is 4.79 Å². The molecule has 6 heteroatoms. The number of quaternary nitrogens is 1. The van der Waals surface area contributed by atoms with Gasteiger partial charge in [-0.05, 0) is 26.0 Å². The minimum absolute atomic E-state index is 0.137. The van der Waals surface area contributed by atoms with Gasteiger partial charge in [-0.1, -0.05) is 12.1 Å². The van der Waals surface area contributed by atoms with E-state index in [2.05, 4.69) is 20.9 Å². The molecule has 21 heavy (non-hydrogen) atoms.